The van der Waals surface area contributed by atoms with Crippen molar-refractivity contribution in [1.82, 2.24) is 5.06 Å². The number of methoxy groups -OCH3 is 2. The number of benzene rings is 5. The van der Waals surface area contributed by atoms with Crippen LogP contribution in [0.25, 0.3) is 27.1 Å². The fraction of sp³-hybridized carbons (Fsp3) is 0.345. The first-order valence-electron chi connectivity index (χ1n) is 25.2. The molecule has 0 radical (unpaired) electrons. The molecule has 3 aliphatic heterocycles. The summed E-state index contributed by atoms with van der Waals surface area (Å²) in [7, 11) is -16.6. The van der Waals surface area contributed by atoms with Gasteiger partial charge in [-0.2, -0.15) is 29.8 Å². The molecule has 426 valence electrons. The molecular formula is C55H59N3O18S4. The Morgan fingerprint density at radius 2 is 1.43 bits per heavy atom. The van der Waals surface area contributed by atoms with Crippen LogP contribution in [0.4, 0.5) is 11.4 Å². The van der Waals surface area contributed by atoms with E-state index in [1.54, 1.807) is 50.1 Å². The molecule has 21 nitrogen and oxygen atoms in total. The van der Waals surface area contributed by atoms with Gasteiger partial charge >= 0.3 is 5.97 Å². The third-order valence-corrected chi connectivity index (χ3v) is 18.3. The molecule has 0 saturated carbocycles. The number of aryl methyl sites for hydroxylation is 1. The number of amides is 2. The highest BCUT2D eigenvalue weighted by molar-refractivity contribution is 7.87. The average Bonchev–Trinajstić information content (AvgIpc) is 4.17. The number of carbonyl (C=O) groups excluding carboxylic acids is 3. The molecule has 1 fully saturated rings. The molecule has 2 unspecified atom stereocenters. The SMILES string of the molecule is CCC[N+]1=C(/C=C/C(=C/C=C2/N(CCCS(=O)(=O)O)c3ccc4c(S(=O)(=O)O)cc(S(=O)(=O)O)cc4c3C2(C)CCOC)c2ccc(C(=O)ON3C(=O)CCC3=O)cc2C)C(C)(CCOC)c2c1ccc1ccc(S(=O)(=O)[O-])cc21. The minimum atomic E-state index is -5.14. The number of allylic oxidation sites excluding steroid dienone is 6. The van der Waals surface area contributed by atoms with Gasteiger partial charge in [0.1, 0.15) is 21.6 Å². The zero-order valence-electron chi connectivity index (χ0n) is 44.5. The largest absolute Gasteiger partial charge is 0.744 e. The molecule has 0 bridgehead atoms. The van der Waals surface area contributed by atoms with Gasteiger partial charge in [0.15, 0.2) is 5.71 Å². The van der Waals surface area contributed by atoms with Gasteiger partial charge in [-0.05, 0) is 139 Å². The van der Waals surface area contributed by atoms with E-state index in [9.17, 15) is 66.3 Å². The number of carbonyl (C=O) groups is 3. The third-order valence-electron chi connectivity index (χ3n) is 14.9. The summed E-state index contributed by atoms with van der Waals surface area (Å²) in [6, 6.07) is 17.2. The Bertz CT molecular complexity index is 4000. The highest BCUT2D eigenvalue weighted by Gasteiger charge is 2.49. The molecule has 0 spiro atoms. The predicted molar refractivity (Wildman–Crippen MR) is 295 cm³/mol. The van der Waals surface area contributed by atoms with Crippen molar-refractivity contribution in [2.24, 2.45) is 0 Å². The minimum Gasteiger partial charge on any atom is -0.744 e. The Morgan fingerprint density at radius 3 is 2.02 bits per heavy atom. The van der Waals surface area contributed by atoms with Crippen LogP contribution in [0.1, 0.15) is 91.9 Å². The van der Waals surface area contributed by atoms with Crippen molar-refractivity contribution in [2.75, 3.05) is 51.2 Å². The zero-order valence-corrected chi connectivity index (χ0v) is 47.7. The lowest BCUT2D eigenvalue weighted by Gasteiger charge is -2.31. The van der Waals surface area contributed by atoms with E-state index in [0.29, 0.717) is 74.9 Å². The second-order valence-electron chi connectivity index (χ2n) is 20.2. The van der Waals surface area contributed by atoms with Crippen LogP contribution in [0.15, 0.2) is 117 Å². The van der Waals surface area contributed by atoms with Gasteiger partial charge in [0.05, 0.1) is 26.5 Å². The second kappa shape index (κ2) is 22.4. The van der Waals surface area contributed by atoms with Crippen LogP contribution in [0.3, 0.4) is 0 Å². The van der Waals surface area contributed by atoms with Crippen LogP contribution < -0.4 is 4.90 Å². The Hall–Kier alpha value is -6.52. The van der Waals surface area contributed by atoms with Crippen molar-refractivity contribution < 1.29 is 85.2 Å². The molecule has 3 heterocycles. The van der Waals surface area contributed by atoms with Gasteiger partial charge in [-0.15, -0.1) is 5.06 Å². The lowest BCUT2D eigenvalue weighted by atomic mass is 9.74. The molecule has 80 heavy (non-hydrogen) atoms. The highest BCUT2D eigenvalue weighted by atomic mass is 32.2. The number of fused-ring (bicyclic) bond motifs is 6. The Balaban J connectivity index is 1.40. The first-order chi connectivity index (χ1) is 37.5. The first-order valence-corrected chi connectivity index (χ1v) is 31.1. The molecule has 3 N–H and O–H groups in total. The summed E-state index contributed by atoms with van der Waals surface area (Å²) in [4.78, 5) is 43.2. The smallest absolute Gasteiger partial charge is 0.363 e. The summed E-state index contributed by atoms with van der Waals surface area (Å²) in [6.07, 6.45) is 7.97. The first kappa shape index (κ1) is 59.6. The van der Waals surface area contributed by atoms with Gasteiger partial charge in [-0.25, -0.2) is 13.2 Å². The van der Waals surface area contributed by atoms with E-state index in [1.165, 1.54) is 43.5 Å². The lowest BCUT2D eigenvalue weighted by Crippen LogP contribution is -2.33. The van der Waals surface area contributed by atoms with Gasteiger partial charge in [0.25, 0.3) is 42.2 Å². The predicted octanol–water partition coefficient (Wildman–Crippen LogP) is 7.34. The number of anilines is 1. The molecule has 5 aromatic rings. The molecule has 0 aliphatic carbocycles. The second-order valence-corrected chi connectivity index (χ2v) is 26.0. The van der Waals surface area contributed by atoms with Gasteiger partial charge < -0.3 is 23.8 Å². The Kier molecular flexibility index (Phi) is 16.7. The number of nitrogens with zero attached hydrogens (tertiary/aromatic N) is 3. The molecule has 0 aromatic heterocycles. The average molecular weight is 1180 g/mol. The number of imide groups is 1. The molecule has 2 amide bonds. The van der Waals surface area contributed by atoms with Crippen LogP contribution in [-0.4, -0.2) is 131 Å². The maximum Gasteiger partial charge on any atom is 0.363 e. The summed E-state index contributed by atoms with van der Waals surface area (Å²) >= 11 is 0. The van der Waals surface area contributed by atoms with Gasteiger partial charge in [-0.1, -0.05) is 31.2 Å². The maximum atomic E-state index is 13.5. The topological polar surface area (TPSA) is 309 Å². The number of rotatable bonds is 21. The van der Waals surface area contributed by atoms with Crippen LogP contribution in [0, 0.1) is 6.92 Å². The molecule has 8 rings (SSSR count). The van der Waals surface area contributed by atoms with Crippen LogP contribution in [-0.2, 0) is 75.2 Å². The Morgan fingerprint density at radius 1 is 0.775 bits per heavy atom. The van der Waals surface area contributed by atoms with Gasteiger partial charge in [-0.3, -0.25) is 23.2 Å². The van der Waals surface area contributed by atoms with Gasteiger partial charge in [0.2, 0.25) is 5.69 Å². The number of hydrogen-bond donors (Lipinski definition) is 3. The quantitative estimate of drug-likeness (QED) is 0.0280. The van der Waals surface area contributed by atoms with E-state index in [2.05, 4.69) is 4.58 Å². The van der Waals surface area contributed by atoms with Crippen molar-refractivity contribution in [3.05, 3.63) is 131 Å². The highest BCUT2D eigenvalue weighted by Crippen LogP contribution is 2.54. The monoisotopic (exact) mass is 1180 g/mol. The Labute approximate surface area is 463 Å². The van der Waals surface area contributed by atoms with E-state index in [-0.39, 0.29) is 61.8 Å². The lowest BCUT2D eigenvalue weighted by molar-refractivity contribution is -0.437. The summed E-state index contributed by atoms with van der Waals surface area (Å²) in [6.45, 7) is 8.19. The standard InChI is InChI=1S/C55H59N3O18S4/c1-7-25-56-44-17-11-36-9-14-38(78(65,66)67)31-42(36)51(44)54(3,23-27-74-5)47(56)19-12-35(40-15-10-37(30-34(40)2)53(61)76-58-49(59)21-22-50(58)60)13-20-48-55(4,24-28-75-6)52-43-32-39(79(68,69)70)33-46(80(71,72)73)41(43)16-18-45(52)57(48)26-8-29-77(62,63)64/h9-20,30-33H,7-8,21-29H2,1-6H3,(H3-,62,63,64,65,66,67,68,69,70,71,72,73). The fourth-order valence-electron chi connectivity index (χ4n) is 11.1. The van der Waals surface area contributed by atoms with Crippen molar-refractivity contribution in [3.8, 4) is 0 Å². The summed E-state index contributed by atoms with van der Waals surface area (Å²) in [5.74, 6) is -2.99. The van der Waals surface area contributed by atoms with Crippen molar-refractivity contribution in [2.45, 2.75) is 91.7 Å². The molecule has 3 aliphatic rings. The van der Waals surface area contributed by atoms with Crippen molar-refractivity contribution >= 4 is 102 Å². The van der Waals surface area contributed by atoms with Crippen molar-refractivity contribution in [1.29, 1.82) is 0 Å². The normalized spacial score (nSPS) is 19.6. The van der Waals surface area contributed by atoms with Crippen LogP contribution in [0.5, 0.6) is 0 Å². The minimum absolute atomic E-state index is 0.00236. The molecular weight excluding hydrogens is 1120 g/mol. The van der Waals surface area contributed by atoms with Gasteiger partial charge in [0, 0.05) is 93.1 Å². The number of ether oxygens (including phenoxy) is 2. The van der Waals surface area contributed by atoms with E-state index in [0.717, 1.165) is 23.0 Å². The van der Waals surface area contributed by atoms with E-state index >= 15 is 0 Å². The molecule has 1 saturated heterocycles. The molecule has 25 heteroatoms. The maximum absolute atomic E-state index is 13.5. The molecule has 5 aromatic carbocycles. The summed E-state index contributed by atoms with van der Waals surface area (Å²) in [5.41, 5.74) is 2.71. The zero-order chi connectivity index (χ0) is 58.5. The van der Waals surface area contributed by atoms with E-state index in [4.69, 9.17) is 14.3 Å². The van der Waals surface area contributed by atoms with Crippen molar-refractivity contribution in [3.63, 3.8) is 0 Å². The number of hydroxylamine groups is 2. The summed E-state index contributed by atoms with van der Waals surface area (Å²) in [5, 5.41) is 1.57. The van der Waals surface area contributed by atoms with E-state index < -0.39 is 89.5 Å². The number of hydrogen-bond acceptors (Lipinski definition) is 16. The van der Waals surface area contributed by atoms with Crippen LogP contribution >= 0.6 is 0 Å². The summed E-state index contributed by atoms with van der Waals surface area (Å²) < 4.78 is 157. The fourth-order valence-corrected chi connectivity index (χ4v) is 13.5. The third kappa shape index (κ3) is 11.7. The van der Waals surface area contributed by atoms with Crippen LogP contribution in [0.2, 0.25) is 0 Å². The van der Waals surface area contributed by atoms with E-state index in [1.807, 2.05) is 38.1 Å². The molecule has 2 atom stereocenters.